The fourth-order valence-electron chi connectivity index (χ4n) is 2.94. The monoisotopic (exact) mass is 318 g/mol. The molecule has 0 spiro atoms. The summed E-state index contributed by atoms with van der Waals surface area (Å²) in [4.78, 5) is 38.3. The van der Waals surface area contributed by atoms with Crippen LogP contribution in [-0.2, 0) is 19.8 Å². The quantitative estimate of drug-likeness (QED) is 0.902. The molecule has 2 rings (SSSR count). The molecule has 0 saturated carbocycles. The number of nitrogens with zero attached hydrogens (tertiary/aromatic N) is 2. The van der Waals surface area contributed by atoms with Crippen LogP contribution in [0.5, 0.6) is 0 Å². The molecule has 0 radical (unpaired) electrons. The molecule has 1 aromatic rings. The number of carboxylic acid groups (broad SMARTS) is 1. The predicted octanol–water partition coefficient (Wildman–Crippen LogP) is 1.11. The van der Waals surface area contributed by atoms with Crippen LogP contribution in [0.25, 0.3) is 0 Å². The van der Waals surface area contributed by atoms with Crippen LogP contribution in [0.3, 0.4) is 0 Å². The Morgan fingerprint density at radius 1 is 1.17 bits per heavy atom. The molecule has 0 atom stereocenters. The Balaban J connectivity index is 2.08. The van der Waals surface area contributed by atoms with Crippen LogP contribution >= 0.6 is 0 Å². The maximum atomic E-state index is 12.2. The average Bonchev–Trinajstić information content (AvgIpc) is 2.55. The van der Waals surface area contributed by atoms with Crippen LogP contribution in [0.2, 0.25) is 0 Å². The first-order valence-corrected chi connectivity index (χ1v) is 7.65. The van der Waals surface area contributed by atoms with Crippen molar-refractivity contribution in [3.63, 3.8) is 0 Å². The van der Waals surface area contributed by atoms with Gasteiger partial charge in [0.2, 0.25) is 11.8 Å². The van der Waals surface area contributed by atoms with E-state index in [1.807, 2.05) is 30.3 Å². The summed E-state index contributed by atoms with van der Waals surface area (Å²) in [7, 11) is 1.58. The van der Waals surface area contributed by atoms with Crippen molar-refractivity contribution in [3.8, 4) is 0 Å². The lowest BCUT2D eigenvalue weighted by Crippen LogP contribution is -2.51. The second kappa shape index (κ2) is 6.81. The molecule has 124 valence electrons. The normalized spacial score (nSPS) is 16.7. The first-order chi connectivity index (χ1) is 10.9. The van der Waals surface area contributed by atoms with E-state index in [1.165, 1.54) is 11.8 Å². The second-order valence-corrected chi connectivity index (χ2v) is 6.01. The first-order valence-electron chi connectivity index (χ1n) is 7.65. The number of carbonyl (C=O) groups excluding carboxylic acids is 2. The molecule has 1 fully saturated rings. The summed E-state index contributed by atoms with van der Waals surface area (Å²) >= 11 is 0. The summed E-state index contributed by atoms with van der Waals surface area (Å²) in [6, 6.07) is 9.18. The highest BCUT2D eigenvalue weighted by molar-refractivity contribution is 5.85. The number of amides is 2. The molecule has 23 heavy (non-hydrogen) atoms. The third-order valence-corrected chi connectivity index (χ3v) is 4.62. The van der Waals surface area contributed by atoms with Crippen molar-refractivity contribution in [2.45, 2.75) is 25.2 Å². The Kier molecular flexibility index (Phi) is 5.03. The predicted molar refractivity (Wildman–Crippen MR) is 84.9 cm³/mol. The summed E-state index contributed by atoms with van der Waals surface area (Å²) < 4.78 is 0. The minimum atomic E-state index is -0.940. The van der Waals surface area contributed by atoms with Crippen LogP contribution in [-0.4, -0.2) is 59.4 Å². The van der Waals surface area contributed by atoms with E-state index in [9.17, 15) is 19.5 Å². The van der Waals surface area contributed by atoms with Crippen molar-refractivity contribution in [3.05, 3.63) is 35.9 Å². The SMILES string of the molecule is CC(=O)N(C)CC(=O)N1CCC(C(=O)O)(c2ccccc2)CC1. The number of carbonyl (C=O) groups is 3. The van der Waals surface area contributed by atoms with Crippen LogP contribution < -0.4 is 0 Å². The number of piperidine rings is 1. The number of hydrogen-bond donors (Lipinski definition) is 1. The molecule has 2 amide bonds. The van der Waals surface area contributed by atoms with E-state index in [-0.39, 0.29) is 18.4 Å². The average molecular weight is 318 g/mol. The van der Waals surface area contributed by atoms with Gasteiger partial charge in [-0.25, -0.2) is 0 Å². The smallest absolute Gasteiger partial charge is 0.314 e. The van der Waals surface area contributed by atoms with Crippen molar-refractivity contribution in [1.82, 2.24) is 9.80 Å². The Labute approximate surface area is 135 Å². The minimum absolute atomic E-state index is 0.0285. The highest BCUT2D eigenvalue weighted by atomic mass is 16.4. The maximum absolute atomic E-state index is 12.2. The van der Waals surface area contributed by atoms with E-state index in [0.717, 1.165) is 5.56 Å². The second-order valence-electron chi connectivity index (χ2n) is 6.01. The highest BCUT2D eigenvalue weighted by Gasteiger charge is 2.43. The van der Waals surface area contributed by atoms with E-state index in [4.69, 9.17) is 0 Å². The molecule has 1 saturated heterocycles. The molecule has 6 nitrogen and oxygen atoms in total. The lowest BCUT2D eigenvalue weighted by atomic mass is 9.73. The van der Waals surface area contributed by atoms with Crippen LogP contribution in [0.4, 0.5) is 0 Å². The summed E-state index contributed by atoms with van der Waals surface area (Å²) in [5, 5.41) is 9.73. The molecule has 1 N–H and O–H groups in total. The summed E-state index contributed by atoms with van der Waals surface area (Å²) in [5.74, 6) is -1.16. The summed E-state index contributed by atoms with van der Waals surface area (Å²) in [5.41, 5.74) is -0.162. The zero-order valence-electron chi connectivity index (χ0n) is 13.5. The Morgan fingerprint density at radius 3 is 2.22 bits per heavy atom. The van der Waals surface area contributed by atoms with Crippen molar-refractivity contribution < 1.29 is 19.5 Å². The van der Waals surface area contributed by atoms with Gasteiger partial charge in [0.25, 0.3) is 0 Å². The minimum Gasteiger partial charge on any atom is -0.481 e. The van der Waals surface area contributed by atoms with E-state index in [2.05, 4.69) is 0 Å². The maximum Gasteiger partial charge on any atom is 0.314 e. The lowest BCUT2D eigenvalue weighted by molar-refractivity contribution is -0.148. The Bertz CT molecular complexity index is 592. The third kappa shape index (κ3) is 3.52. The van der Waals surface area contributed by atoms with Gasteiger partial charge in [-0.2, -0.15) is 0 Å². The first kappa shape index (κ1) is 17.0. The number of likely N-dealkylation sites (N-methyl/N-ethyl adjacent to an activating group) is 1. The third-order valence-electron chi connectivity index (χ3n) is 4.62. The number of rotatable bonds is 4. The van der Waals surface area contributed by atoms with Gasteiger partial charge in [-0.1, -0.05) is 30.3 Å². The topological polar surface area (TPSA) is 77.9 Å². The van der Waals surface area contributed by atoms with Crippen LogP contribution in [0, 0.1) is 0 Å². The van der Waals surface area contributed by atoms with E-state index >= 15 is 0 Å². The van der Waals surface area contributed by atoms with Gasteiger partial charge in [-0.3, -0.25) is 14.4 Å². The molecular formula is C17H22N2O4. The Hall–Kier alpha value is -2.37. The molecule has 6 heteroatoms. The molecular weight excluding hydrogens is 296 g/mol. The molecule has 0 aliphatic carbocycles. The molecule has 0 aromatic heterocycles. The van der Waals surface area contributed by atoms with Gasteiger partial charge in [-0.15, -0.1) is 0 Å². The number of hydrogen-bond acceptors (Lipinski definition) is 3. The largest absolute Gasteiger partial charge is 0.481 e. The number of aliphatic carboxylic acids is 1. The number of benzene rings is 1. The molecule has 1 aromatic carbocycles. The standard InChI is InChI=1S/C17H22N2O4/c1-13(20)18(2)12-15(21)19-10-8-17(9-11-19,16(22)23)14-6-4-3-5-7-14/h3-7H,8-12H2,1-2H3,(H,22,23). The van der Waals surface area contributed by atoms with Crippen molar-refractivity contribution in [2.24, 2.45) is 0 Å². The zero-order valence-corrected chi connectivity index (χ0v) is 13.5. The van der Waals surface area contributed by atoms with E-state index < -0.39 is 11.4 Å². The highest BCUT2D eigenvalue weighted by Crippen LogP contribution is 2.35. The summed E-state index contributed by atoms with van der Waals surface area (Å²) in [6.45, 7) is 2.20. The van der Waals surface area contributed by atoms with Crippen molar-refractivity contribution in [2.75, 3.05) is 26.7 Å². The van der Waals surface area contributed by atoms with Gasteiger partial charge >= 0.3 is 5.97 Å². The van der Waals surface area contributed by atoms with Gasteiger partial charge in [0, 0.05) is 27.1 Å². The molecule has 0 bridgehead atoms. The van der Waals surface area contributed by atoms with Crippen LogP contribution in [0.1, 0.15) is 25.3 Å². The summed E-state index contributed by atoms with van der Waals surface area (Å²) in [6.07, 6.45) is 0.754. The molecule has 1 aliphatic heterocycles. The van der Waals surface area contributed by atoms with Gasteiger partial charge < -0.3 is 14.9 Å². The van der Waals surface area contributed by atoms with E-state index in [1.54, 1.807) is 11.9 Å². The fourth-order valence-corrected chi connectivity index (χ4v) is 2.94. The van der Waals surface area contributed by atoms with Crippen molar-refractivity contribution >= 4 is 17.8 Å². The van der Waals surface area contributed by atoms with Gasteiger partial charge in [-0.05, 0) is 18.4 Å². The van der Waals surface area contributed by atoms with Gasteiger partial charge in [0.15, 0.2) is 0 Å². The molecule has 1 heterocycles. The Morgan fingerprint density at radius 2 is 1.74 bits per heavy atom. The molecule has 1 aliphatic rings. The van der Waals surface area contributed by atoms with Gasteiger partial charge in [0.05, 0.1) is 12.0 Å². The van der Waals surface area contributed by atoms with Crippen LogP contribution in [0.15, 0.2) is 30.3 Å². The van der Waals surface area contributed by atoms with Crippen molar-refractivity contribution in [1.29, 1.82) is 0 Å². The lowest BCUT2D eigenvalue weighted by Gasteiger charge is -2.39. The molecule has 0 unspecified atom stereocenters. The number of likely N-dealkylation sites (tertiary alicyclic amines) is 1. The van der Waals surface area contributed by atoms with Gasteiger partial charge in [0.1, 0.15) is 0 Å². The van der Waals surface area contributed by atoms with E-state index in [0.29, 0.717) is 25.9 Å². The number of carboxylic acids is 1. The fraction of sp³-hybridized carbons (Fsp3) is 0.471. The zero-order chi connectivity index (χ0) is 17.0.